The summed E-state index contributed by atoms with van der Waals surface area (Å²) < 4.78 is 0. The number of nitrogens with zero attached hydrogens (tertiary/aromatic N) is 1. The van der Waals surface area contributed by atoms with Crippen LogP contribution in [0.3, 0.4) is 0 Å². The molecule has 0 amide bonds. The molecule has 1 saturated carbocycles. The van der Waals surface area contributed by atoms with Crippen molar-refractivity contribution in [1.82, 2.24) is 0 Å². The minimum absolute atomic E-state index is 0.0709. The molecular weight excluding hydrogens is 194 g/mol. The molecule has 1 aromatic carbocycles. The lowest BCUT2D eigenvalue weighted by Gasteiger charge is -2.21. The first-order valence-corrected chi connectivity index (χ1v) is 6.13. The number of hydrogen-bond acceptors (Lipinski definition) is 1. The molecule has 0 spiro atoms. The summed E-state index contributed by atoms with van der Waals surface area (Å²) in [6.07, 6.45) is 5.54. The van der Waals surface area contributed by atoms with Crippen molar-refractivity contribution in [3.63, 3.8) is 0 Å². The van der Waals surface area contributed by atoms with Crippen LogP contribution in [0.2, 0.25) is 0 Å². The third-order valence-electron chi connectivity index (χ3n) is 3.83. The summed E-state index contributed by atoms with van der Waals surface area (Å²) in [6.45, 7) is 4.27. The van der Waals surface area contributed by atoms with Crippen molar-refractivity contribution in [3.05, 3.63) is 34.9 Å². The van der Waals surface area contributed by atoms with E-state index in [0.29, 0.717) is 0 Å². The molecule has 1 aromatic rings. The van der Waals surface area contributed by atoms with Gasteiger partial charge in [0.25, 0.3) is 0 Å². The lowest BCUT2D eigenvalue weighted by atomic mass is 9.80. The molecule has 1 heteroatoms. The molecule has 1 aliphatic rings. The highest BCUT2D eigenvalue weighted by molar-refractivity contribution is 5.32. The van der Waals surface area contributed by atoms with Crippen LogP contribution in [0.4, 0.5) is 0 Å². The predicted octanol–water partition coefficient (Wildman–Crippen LogP) is 3.93. The van der Waals surface area contributed by atoms with Crippen LogP contribution in [0.5, 0.6) is 0 Å². The molecular formula is C15H19N. The Hall–Kier alpha value is -1.29. The smallest absolute Gasteiger partial charge is 0.0693 e. The normalized spacial score (nSPS) is 18.3. The van der Waals surface area contributed by atoms with Gasteiger partial charge in [-0.15, -0.1) is 0 Å². The fourth-order valence-electron chi connectivity index (χ4n) is 2.74. The van der Waals surface area contributed by atoms with Crippen LogP contribution >= 0.6 is 0 Å². The molecule has 1 aliphatic carbocycles. The van der Waals surface area contributed by atoms with E-state index < -0.39 is 0 Å². The van der Waals surface area contributed by atoms with Crippen LogP contribution in [-0.4, -0.2) is 0 Å². The summed E-state index contributed by atoms with van der Waals surface area (Å²) >= 11 is 0. The molecule has 0 saturated heterocycles. The molecule has 0 aromatic heterocycles. The van der Waals surface area contributed by atoms with E-state index >= 15 is 0 Å². The Balaban J connectivity index is 2.26. The zero-order chi connectivity index (χ0) is 11.6. The molecule has 1 fully saturated rings. The molecule has 1 nitrogen and oxygen atoms in total. The van der Waals surface area contributed by atoms with Crippen LogP contribution in [-0.2, 0) is 6.42 Å². The van der Waals surface area contributed by atoms with Gasteiger partial charge in [-0.25, -0.2) is 0 Å². The first-order chi connectivity index (χ1) is 7.65. The van der Waals surface area contributed by atoms with Gasteiger partial charge in [-0.05, 0) is 44.2 Å². The molecule has 2 rings (SSSR count). The van der Waals surface area contributed by atoms with Crippen LogP contribution < -0.4 is 0 Å². The summed E-state index contributed by atoms with van der Waals surface area (Å²) in [5.41, 5.74) is 3.92. The molecule has 0 bridgehead atoms. The van der Waals surface area contributed by atoms with Crippen molar-refractivity contribution in [2.24, 2.45) is 5.41 Å². The Morgan fingerprint density at radius 3 is 2.56 bits per heavy atom. The minimum atomic E-state index is -0.0709. The van der Waals surface area contributed by atoms with Gasteiger partial charge in [-0.2, -0.15) is 5.26 Å². The van der Waals surface area contributed by atoms with Gasteiger partial charge in [0.15, 0.2) is 0 Å². The van der Waals surface area contributed by atoms with Gasteiger partial charge in [0.05, 0.1) is 11.5 Å². The standard InChI is InChI=1S/C15H19N/c1-12-5-6-13(2)14(9-12)10-15(11-16)7-3-4-8-15/h5-6,9H,3-4,7-8,10H2,1-2H3. The van der Waals surface area contributed by atoms with Gasteiger partial charge in [-0.3, -0.25) is 0 Å². The Morgan fingerprint density at radius 2 is 1.94 bits per heavy atom. The van der Waals surface area contributed by atoms with E-state index in [1.54, 1.807) is 0 Å². The molecule has 0 radical (unpaired) electrons. The number of rotatable bonds is 2. The lowest BCUT2D eigenvalue weighted by molar-refractivity contribution is 0.407. The largest absolute Gasteiger partial charge is 0.198 e. The van der Waals surface area contributed by atoms with Gasteiger partial charge < -0.3 is 0 Å². The van der Waals surface area contributed by atoms with Crippen molar-refractivity contribution in [1.29, 1.82) is 5.26 Å². The van der Waals surface area contributed by atoms with Gasteiger partial charge in [0.2, 0.25) is 0 Å². The highest BCUT2D eigenvalue weighted by Gasteiger charge is 2.34. The number of aryl methyl sites for hydroxylation is 2. The second-order valence-corrected chi connectivity index (χ2v) is 5.21. The van der Waals surface area contributed by atoms with Crippen molar-refractivity contribution < 1.29 is 0 Å². The fraction of sp³-hybridized carbons (Fsp3) is 0.533. The topological polar surface area (TPSA) is 23.8 Å². The summed E-state index contributed by atoms with van der Waals surface area (Å²) in [5, 5.41) is 9.39. The van der Waals surface area contributed by atoms with E-state index in [1.165, 1.54) is 29.5 Å². The maximum Gasteiger partial charge on any atom is 0.0693 e. The molecule has 0 heterocycles. The summed E-state index contributed by atoms with van der Waals surface area (Å²) in [6, 6.07) is 9.13. The van der Waals surface area contributed by atoms with E-state index in [-0.39, 0.29) is 5.41 Å². The van der Waals surface area contributed by atoms with Gasteiger partial charge >= 0.3 is 0 Å². The van der Waals surface area contributed by atoms with Crippen molar-refractivity contribution in [2.75, 3.05) is 0 Å². The van der Waals surface area contributed by atoms with E-state index in [1.807, 2.05) is 0 Å². The summed E-state index contributed by atoms with van der Waals surface area (Å²) in [7, 11) is 0. The van der Waals surface area contributed by atoms with Gasteiger partial charge in [0.1, 0.15) is 0 Å². The number of benzene rings is 1. The van der Waals surface area contributed by atoms with Crippen molar-refractivity contribution in [3.8, 4) is 6.07 Å². The van der Waals surface area contributed by atoms with Crippen LogP contribution in [0.25, 0.3) is 0 Å². The summed E-state index contributed by atoms with van der Waals surface area (Å²) in [5.74, 6) is 0. The zero-order valence-corrected chi connectivity index (χ0v) is 10.2. The van der Waals surface area contributed by atoms with Crippen molar-refractivity contribution >= 4 is 0 Å². The maximum atomic E-state index is 9.39. The maximum absolute atomic E-state index is 9.39. The molecule has 0 unspecified atom stereocenters. The lowest BCUT2D eigenvalue weighted by Crippen LogP contribution is -2.17. The van der Waals surface area contributed by atoms with E-state index in [2.05, 4.69) is 38.1 Å². The minimum Gasteiger partial charge on any atom is -0.198 e. The predicted molar refractivity (Wildman–Crippen MR) is 66.1 cm³/mol. The van der Waals surface area contributed by atoms with Crippen LogP contribution in [0.15, 0.2) is 18.2 Å². The number of nitriles is 1. The highest BCUT2D eigenvalue weighted by Crippen LogP contribution is 2.40. The second kappa shape index (κ2) is 4.29. The molecule has 16 heavy (non-hydrogen) atoms. The Bertz CT molecular complexity index is 420. The molecule has 0 N–H and O–H groups in total. The first kappa shape index (κ1) is 11.2. The van der Waals surface area contributed by atoms with Crippen molar-refractivity contribution in [2.45, 2.75) is 46.0 Å². The molecule has 84 valence electrons. The van der Waals surface area contributed by atoms with Crippen LogP contribution in [0, 0.1) is 30.6 Å². The van der Waals surface area contributed by atoms with Crippen LogP contribution in [0.1, 0.15) is 42.4 Å². The quantitative estimate of drug-likeness (QED) is 0.730. The zero-order valence-electron chi connectivity index (χ0n) is 10.2. The third-order valence-corrected chi connectivity index (χ3v) is 3.83. The second-order valence-electron chi connectivity index (χ2n) is 5.21. The SMILES string of the molecule is Cc1ccc(C)c(CC2(C#N)CCCC2)c1. The van der Waals surface area contributed by atoms with E-state index in [4.69, 9.17) is 0 Å². The van der Waals surface area contributed by atoms with E-state index in [9.17, 15) is 5.26 Å². The number of hydrogen-bond donors (Lipinski definition) is 0. The Kier molecular flexibility index (Phi) is 3.01. The average molecular weight is 213 g/mol. The highest BCUT2D eigenvalue weighted by atomic mass is 14.4. The van der Waals surface area contributed by atoms with Gasteiger partial charge in [0, 0.05) is 0 Å². The molecule has 0 atom stereocenters. The average Bonchev–Trinajstić information content (AvgIpc) is 2.73. The Morgan fingerprint density at radius 1 is 1.25 bits per heavy atom. The monoisotopic (exact) mass is 213 g/mol. The summed E-state index contributed by atoms with van der Waals surface area (Å²) in [4.78, 5) is 0. The first-order valence-electron chi connectivity index (χ1n) is 6.13. The van der Waals surface area contributed by atoms with E-state index in [0.717, 1.165) is 19.3 Å². The molecule has 0 aliphatic heterocycles. The Labute approximate surface area is 98.1 Å². The fourth-order valence-corrected chi connectivity index (χ4v) is 2.74. The third kappa shape index (κ3) is 2.11. The van der Waals surface area contributed by atoms with Gasteiger partial charge in [-0.1, -0.05) is 36.6 Å².